The number of carbonyl (C=O) groups is 2. The summed E-state index contributed by atoms with van der Waals surface area (Å²) in [7, 11) is -3.90. The van der Waals surface area contributed by atoms with Gasteiger partial charge in [0.05, 0.1) is 10.6 Å². The molecule has 0 fully saturated rings. The molecule has 128 valence electrons. The van der Waals surface area contributed by atoms with Crippen LogP contribution in [0.5, 0.6) is 0 Å². The summed E-state index contributed by atoms with van der Waals surface area (Å²) in [5, 5.41) is 0.393. The number of aromatic amines is 1. The highest BCUT2D eigenvalue weighted by Crippen LogP contribution is 2.14. The average molecular weight is 371 g/mol. The van der Waals surface area contributed by atoms with Crippen LogP contribution in [0.1, 0.15) is 17.4 Å². The van der Waals surface area contributed by atoms with Gasteiger partial charge in [0.1, 0.15) is 6.04 Å². The number of rotatable bonds is 7. The van der Waals surface area contributed by atoms with E-state index in [1.165, 1.54) is 31.2 Å². The van der Waals surface area contributed by atoms with Crippen molar-refractivity contribution < 1.29 is 22.7 Å². The third kappa shape index (κ3) is 4.67. The number of benzene rings is 1. The Kier molecular flexibility index (Phi) is 5.76. The van der Waals surface area contributed by atoms with E-state index < -0.39 is 34.4 Å². The lowest BCUT2D eigenvalue weighted by atomic mass is 10.3. The van der Waals surface area contributed by atoms with Crippen LogP contribution in [0.2, 0.25) is 5.02 Å². The maximum atomic E-state index is 12.1. The number of Topliss-reactive ketones (excluding diaryl/α,β-unsaturated/α-hetero) is 1. The van der Waals surface area contributed by atoms with Gasteiger partial charge in [-0.2, -0.15) is 4.72 Å². The zero-order chi connectivity index (χ0) is 17.7. The summed E-state index contributed by atoms with van der Waals surface area (Å²) in [5.74, 6) is -1.27. The Morgan fingerprint density at radius 1 is 1.25 bits per heavy atom. The first kappa shape index (κ1) is 18.2. The summed E-state index contributed by atoms with van der Waals surface area (Å²) in [6.45, 7) is 0.848. The van der Waals surface area contributed by atoms with Crippen LogP contribution in [0.3, 0.4) is 0 Å². The minimum absolute atomic E-state index is 0.0333. The van der Waals surface area contributed by atoms with Crippen LogP contribution in [-0.2, 0) is 19.6 Å². The molecular weight excluding hydrogens is 356 g/mol. The Balaban J connectivity index is 1.93. The number of nitrogens with one attached hydrogen (secondary N) is 2. The summed E-state index contributed by atoms with van der Waals surface area (Å²) in [5.41, 5.74) is 0.303. The Morgan fingerprint density at radius 3 is 2.50 bits per heavy atom. The zero-order valence-corrected chi connectivity index (χ0v) is 14.2. The van der Waals surface area contributed by atoms with Gasteiger partial charge >= 0.3 is 5.97 Å². The summed E-state index contributed by atoms with van der Waals surface area (Å²) < 4.78 is 31.3. The molecule has 0 saturated heterocycles. The lowest BCUT2D eigenvalue weighted by Crippen LogP contribution is -2.40. The van der Waals surface area contributed by atoms with Crippen molar-refractivity contribution in [3.63, 3.8) is 0 Å². The highest BCUT2D eigenvalue weighted by atomic mass is 35.5. The fourth-order valence-corrected chi connectivity index (χ4v) is 3.12. The van der Waals surface area contributed by atoms with Crippen LogP contribution in [0.4, 0.5) is 0 Å². The first-order chi connectivity index (χ1) is 11.3. The van der Waals surface area contributed by atoms with E-state index in [4.69, 9.17) is 16.3 Å². The smallest absolute Gasteiger partial charge is 0.324 e. The van der Waals surface area contributed by atoms with Gasteiger partial charge in [-0.3, -0.25) is 9.59 Å². The molecule has 9 heteroatoms. The van der Waals surface area contributed by atoms with Crippen molar-refractivity contribution in [1.29, 1.82) is 0 Å². The van der Waals surface area contributed by atoms with Crippen LogP contribution in [0.15, 0.2) is 47.5 Å². The number of ketones is 1. The Bertz CT molecular complexity index is 816. The Hall–Kier alpha value is -2.16. The third-order valence-electron chi connectivity index (χ3n) is 3.05. The van der Waals surface area contributed by atoms with E-state index in [1.807, 2.05) is 0 Å². The predicted molar refractivity (Wildman–Crippen MR) is 87.3 cm³/mol. The first-order valence-corrected chi connectivity index (χ1v) is 8.77. The highest BCUT2D eigenvalue weighted by Gasteiger charge is 2.23. The molecule has 0 unspecified atom stereocenters. The molecule has 0 aliphatic rings. The normalized spacial score (nSPS) is 12.6. The summed E-state index contributed by atoms with van der Waals surface area (Å²) in [6.07, 6.45) is 1.57. The second kappa shape index (κ2) is 7.61. The van der Waals surface area contributed by atoms with Gasteiger partial charge in [-0.25, -0.2) is 8.42 Å². The molecule has 0 radical (unpaired) electrons. The minimum atomic E-state index is -3.90. The summed E-state index contributed by atoms with van der Waals surface area (Å²) >= 11 is 5.71. The SMILES string of the molecule is C[C@@H](NS(=O)(=O)c1ccc(Cl)cc1)C(=O)OCC(=O)c1ccc[nH]1. The van der Waals surface area contributed by atoms with Crippen LogP contribution in [-0.4, -0.2) is 37.8 Å². The van der Waals surface area contributed by atoms with Crippen LogP contribution < -0.4 is 4.72 Å². The molecular formula is C15H15ClN2O5S. The standard InChI is InChI=1S/C15H15ClN2O5S/c1-10(15(20)23-9-14(19)13-3-2-8-17-13)18-24(21,22)12-6-4-11(16)5-7-12/h2-8,10,17-18H,9H2,1H3/t10-/m1/s1. The van der Waals surface area contributed by atoms with E-state index in [0.717, 1.165) is 0 Å². The van der Waals surface area contributed by atoms with Crippen molar-refractivity contribution in [1.82, 2.24) is 9.71 Å². The first-order valence-electron chi connectivity index (χ1n) is 6.91. The number of ether oxygens (including phenoxy) is 1. The maximum absolute atomic E-state index is 12.1. The summed E-state index contributed by atoms with van der Waals surface area (Å²) in [4.78, 5) is 26.2. The monoisotopic (exact) mass is 370 g/mol. The van der Waals surface area contributed by atoms with Gasteiger partial charge in [0, 0.05) is 11.2 Å². The zero-order valence-electron chi connectivity index (χ0n) is 12.7. The van der Waals surface area contributed by atoms with E-state index in [0.29, 0.717) is 10.7 Å². The van der Waals surface area contributed by atoms with Gasteiger partial charge in [0.2, 0.25) is 15.8 Å². The van der Waals surface area contributed by atoms with Crippen molar-refractivity contribution in [3.05, 3.63) is 53.3 Å². The van der Waals surface area contributed by atoms with Crippen molar-refractivity contribution in [2.24, 2.45) is 0 Å². The molecule has 0 saturated carbocycles. The van der Waals surface area contributed by atoms with Gasteiger partial charge < -0.3 is 9.72 Å². The maximum Gasteiger partial charge on any atom is 0.324 e. The molecule has 0 aliphatic carbocycles. The number of hydrogen-bond acceptors (Lipinski definition) is 5. The van der Waals surface area contributed by atoms with E-state index in [9.17, 15) is 18.0 Å². The second-order valence-corrected chi connectivity index (χ2v) is 7.06. The van der Waals surface area contributed by atoms with Crippen LogP contribution in [0, 0.1) is 0 Å². The average Bonchev–Trinajstić information content (AvgIpc) is 3.06. The topological polar surface area (TPSA) is 105 Å². The fourth-order valence-electron chi connectivity index (χ4n) is 1.81. The molecule has 0 aliphatic heterocycles. The molecule has 24 heavy (non-hydrogen) atoms. The number of sulfonamides is 1. The number of carbonyl (C=O) groups excluding carboxylic acids is 2. The highest BCUT2D eigenvalue weighted by molar-refractivity contribution is 7.89. The van der Waals surface area contributed by atoms with Gasteiger partial charge in [0.15, 0.2) is 6.61 Å². The van der Waals surface area contributed by atoms with Crippen molar-refractivity contribution in [2.75, 3.05) is 6.61 Å². The predicted octanol–water partition coefficient (Wildman–Crippen LogP) is 1.76. The lowest BCUT2D eigenvalue weighted by Gasteiger charge is -2.13. The quantitative estimate of drug-likeness (QED) is 0.570. The molecule has 0 spiro atoms. The van der Waals surface area contributed by atoms with Gasteiger partial charge in [-0.15, -0.1) is 0 Å². The molecule has 0 amide bonds. The summed E-state index contributed by atoms with van der Waals surface area (Å²) in [6, 6.07) is 7.51. The molecule has 0 bridgehead atoms. The molecule has 1 heterocycles. The number of aromatic nitrogens is 1. The van der Waals surface area contributed by atoms with Crippen molar-refractivity contribution in [2.45, 2.75) is 17.9 Å². The van der Waals surface area contributed by atoms with Crippen molar-refractivity contribution >= 4 is 33.4 Å². The molecule has 2 rings (SSSR count). The number of esters is 1. The Morgan fingerprint density at radius 2 is 1.92 bits per heavy atom. The molecule has 1 aromatic carbocycles. The largest absolute Gasteiger partial charge is 0.456 e. The van der Waals surface area contributed by atoms with Crippen molar-refractivity contribution in [3.8, 4) is 0 Å². The fraction of sp³-hybridized carbons (Fsp3) is 0.200. The van der Waals surface area contributed by atoms with Gasteiger partial charge in [-0.1, -0.05) is 11.6 Å². The second-order valence-electron chi connectivity index (χ2n) is 4.91. The molecule has 1 aromatic heterocycles. The Labute approximate surface area is 144 Å². The molecule has 1 atom stereocenters. The van der Waals surface area contributed by atoms with Gasteiger partial charge in [0.25, 0.3) is 0 Å². The number of halogens is 1. The van der Waals surface area contributed by atoms with E-state index in [2.05, 4.69) is 9.71 Å². The molecule has 2 N–H and O–H groups in total. The van der Waals surface area contributed by atoms with E-state index in [-0.39, 0.29) is 4.90 Å². The van der Waals surface area contributed by atoms with Crippen LogP contribution in [0.25, 0.3) is 0 Å². The van der Waals surface area contributed by atoms with Gasteiger partial charge in [-0.05, 0) is 43.3 Å². The van der Waals surface area contributed by atoms with Crippen LogP contribution >= 0.6 is 11.6 Å². The molecule has 2 aromatic rings. The number of hydrogen-bond donors (Lipinski definition) is 2. The molecule has 7 nitrogen and oxygen atoms in total. The van der Waals surface area contributed by atoms with E-state index in [1.54, 1.807) is 18.3 Å². The third-order valence-corrected chi connectivity index (χ3v) is 4.86. The van der Waals surface area contributed by atoms with E-state index >= 15 is 0 Å². The number of H-pyrrole nitrogens is 1. The lowest BCUT2D eigenvalue weighted by molar-refractivity contribution is -0.144. The minimum Gasteiger partial charge on any atom is -0.456 e.